The van der Waals surface area contributed by atoms with Crippen molar-refractivity contribution in [2.75, 3.05) is 12.9 Å². The smallest absolute Gasteiger partial charge is 0.211 e. The number of hydrogen-bond donors (Lipinski definition) is 1. The van der Waals surface area contributed by atoms with Crippen molar-refractivity contribution in [1.29, 1.82) is 0 Å². The Hall–Kier alpha value is -1.92. The molecule has 0 saturated heterocycles. The number of rotatable bonds is 7. The maximum absolute atomic E-state index is 12.0. The van der Waals surface area contributed by atoms with E-state index in [9.17, 15) is 8.42 Å². The second-order valence-corrected chi connectivity index (χ2v) is 8.09. The molecule has 1 fully saturated rings. The molecule has 3 rings (SSSR count). The summed E-state index contributed by atoms with van der Waals surface area (Å²) in [4.78, 5) is 4.33. The molecule has 1 aromatic carbocycles. The average molecular weight is 346 g/mol. The van der Waals surface area contributed by atoms with E-state index in [1.54, 1.807) is 26.4 Å². The monoisotopic (exact) mass is 346 g/mol. The standard InChI is InChI=1S/C18H22N2O3S/c1-3-24(21,22)20-18(13-8-9-13)15-10-14(11-19-12-15)16-6-4-5-7-17(16)23-2/h4-7,10-13,18,20H,3,8-9H2,1-2H3. The lowest BCUT2D eigenvalue weighted by atomic mass is 10.00. The lowest BCUT2D eigenvalue weighted by Gasteiger charge is -2.19. The molecular formula is C18H22N2O3S. The second kappa shape index (κ2) is 6.91. The number of nitrogens with one attached hydrogen (secondary N) is 1. The number of sulfonamides is 1. The zero-order chi connectivity index (χ0) is 17.2. The molecule has 24 heavy (non-hydrogen) atoms. The summed E-state index contributed by atoms with van der Waals surface area (Å²) in [5, 5.41) is 0. The maximum atomic E-state index is 12.0. The highest BCUT2D eigenvalue weighted by Gasteiger charge is 2.35. The van der Waals surface area contributed by atoms with Crippen molar-refractivity contribution in [3.05, 3.63) is 48.3 Å². The van der Waals surface area contributed by atoms with Crippen molar-refractivity contribution in [1.82, 2.24) is 9.71 Å². The molecule has 1 aliphatic rings. The molecule has 1 saturated carbocycles. The topological polar surface area (TPSA) is 68.3 Å². The Labute approximate surface area is 143 Å². The molecule has 0 amide bonds. The van der Waals surface area contributed by atoms with Crippen molar-refractivity contribution in [3.8, 4) is 16.9 Å². The van der Waals surface area contributed by atoms with E-state index in [1.807, 2.05) is 30.3 Å². The summed E-state index contributed by atoms with van der Waals surface area (Å²) in [6, 6.07) is 9.54. The van der Waals surface area contributed by atoms with Gasteiger partial charge in [0.1, 0.15) is 5.75 Å². The quantitative estimate of drug-likeness (QED) is 0.836. The van der Waals surface area contributed by atoms with Crippen molar-refractivity contribution in [3.63, 3.8) is 0 Å². The van der Waals surface area contributed by atoms with E-state index in [2.05, 4.69) is 9.71 Å². The zero-order valence-electron chi connectivity index (χ0n) is 13.9. The first-order valence-corrected chi connectivity index (χ1v) is 9.77. The average Bonchev–Trinajstić information content (AvgIpc) is 3.45. The number of aromatic nitrogens is 1. The lowest BCUT2D eigenvalue weighted by Crippen LogP contribution is -2.31. The molecule has 2 aromatic rings. The summed E-state index contributed by atoms with van der Waals surface area (Å²) >= 11 is 0. The van der Waals surface area contributed by atoms with Crippen LogP contribution in [0.4, 0.5) is 0 Å². The summed E-state index contributed by atoms with van der Waals surface area (Å²) in [6.45, 7) is 1.65. The number of para-hydroxylation sites is 1. The molecule has 1 aromatic heterocycles. The van der Waals surface area contributed by atoms with Crippen LogP contribution in [-0.2, 0) is 10.0 Å². The highest BCUT2D eigenvalue weighted by molar-refractivity contribution is 7.89. The summed E-state index contributed by atoms with van der Waals surface area (Å²) in [5.41, 5.74) is 2.77. The summed E-state index contributed by atoms with van der Waals surface area (Å²) in [5.74, 6) is 1.20. The third-order valence-electron chi connectivity index (χ3n) is 4.32. The number of hydrogen-bond acceptors (Lipinski definition) is 4. The van der Waals surface area contributed by atoms with Gasteiger partial charge in [-0.2, -0.15) is 0 Å². The Bertz CT molecular complexity index is 817. The Kier molecular flexibility index (Phi) is 4.87. The zero-order valence-corrected chi connectivity index (χ0v) is 14.7. The van der Waals surface area contributed by atoms with E-state index < -0.39 is 10.0 Å². The predicted molar refractivity (Wildman–Crippen MR) is 94.3 cm³/mol. The van der Waals surface area contributed by atoms with Gasteiger partial charge in [0.05, 0.1) is 18.9 Å². The second-order valence-electron chi connectivity index (χ2n) is 6.04. The van der Waals surface area contributed by atoms with Crippen LogP contribution in [0.5, 0.6) is 5.75 Å². The van der Waals surface area contributed by atoms with Gasteiger partial charge < -0.3 is 4.74 Å². The molecule has 0 aliphatic heterocycles. The molecule has 128 valence electrons. The summed E-state index contributed by atoms with van der Waals surface area (Å²) in [7, 11) is -1.63. The van der Waals surface area contributed by atoms with Crippen LogP contribution in [0, 0.1) is 5.92 Å². The van der Waals surface area contributed by atoms with Gasteiger partial charge in [0.25, 0.3) is 0 Å². The Morgan fingerprint density at radius 1 is 1.29 bits per heavy atom. The lowest BCUT2D eigenvalue weighted by molar-refractivity contribution is 0.416. The van der Waals surface area contributed by atoms with E-state index in [0.29, 0.717) is 5.92 Å². The third kappa shape index (κ3) is 3.76. The van der Waals surface area contributed by atoms with Crippen LogP contribution in [0.3, 0.4) is 0 Å². The molecule has 1 atom stereocenters. The minimum atomic E-state index is -3.26. The van der Waals surface area contributed by atoms with Crippen molar-refractivity contribution in [2.45, 2.75) is 25.8 Å². The molecule has 6 heteroatoms. The fraction of sp³-hybridized carbons (Fsp3) is 0.389. The van der Waals surface area contributed by atoms with Gasteiger partial charge in [0.15, 0.2) is 0 Å². The fourth-order valence-electron chi connectivity index (χ4n) is 2.80. The van der Waals surface area contributed by atoms with Crippen molar-refractivity contribution >= 4 is 10.0 Å². The Balaban J connectivity index is 1.97. The molecular weight excluding hydrogens is 324 g/mol. The van der Waals surface area contributed by atoms with Crippen molar-refractivity contribution in [2.24, 2.45) is 5.92 Å². The highest BCUT2D eigenvalue weighted by atomic mass is 32.2. The predicted octanol–water partition coefficient (Wildman–Crippen LogP) is 3.15. The molecule has 1 unspecified atom stereocenters. The first-order valence-electron chi connectivity index (χ1n) is 8.12. The molecule has 1 heterocycles. The van der Waals surface area contributed by atoms with E-state index in [1.165, 1.54) is 0 Å². The molecule has 0 spiro atoms. The van der Waals surface area contributed by atoms with Crippen LogP contribution in [0.25, 0.3) is 11.1 Å². The van der Waals surface area contributed by atoms with Gasteiger partial charge in [0, 0.05) is 23.5 Å². The molecule has 0 bridgehead atoms. The minimum absolute atomic E-state index is 0.0792. The highest BCUT2D eigenvalue weighted by Crippen LogP contribution is 2.42. The number of benzene rings is 1. The number of pyridine rings is 1. The van der Waals surface area contributed by atoms with Gasteiger partial charge in [-0.15, -0.1) is 0 Å². The van der Waals surface area contributed by atoms with E-state index in [0.717, 1.165) is 35.3 Å². The van der Waals surface area contributed by atoms with Gasteiger partial charge in [0.2, 0.25) is 10.0 Å². The number of ether oxygens (including phenoxy) is 1. The van der Waals surface area contributed by atoms with Crippen LogP contribution in [0.1, 0.15) is 31.4 Å². The first kappa shape index (κ1) is 16.9. The van der Waals surface area contributed by atoms with Crippen LogP contribution in [0.2, 0.25) is 0 Å². The van der Waals surface area contributed by atoms with Gasteiger partial charge in [-0.25, -0.2) is 13.1 Å². The van der Waals surface area contributed by atoms with Gasteiger partial charge in [-0.05, 0) is 43.4 Å². The molecule has 1 N–H and O–H groups in total. The molecule has 1 aliphatic carbocycles. The van der Waals surface area contributed by atoms with E-state index in [4.69, 9.17) is 4.74 Å². The SMILES string of the molecule is CCS(=O)(=O)NC(c1cncc(-c2ccccc2OC)c1)C1CC1. The Morgan fingerprint density at radius 2 is 2.04 bits per heavy atom. The van der Waals surface area contributed by atoms with Crippen LogP contribution >= 0.6 is 0 Å². The Morgan fingerprint density at radius 3 is 2.71 bits per heavy atom. The minimum Gasteiger partial charge on any atom is -0.496 e. The summed E-state index contributed by atoms with van der Waals surface area (Å²) in [6.07, 6.45) is 5.60. The van der Waals surface area contributed by atoms with Crippen LogP contribution in [-0.4, -0.2) is 26.3 Å². The summed E-state index contributed by atoms with van der Waals surface area (Å²) < 4.78 is 32.3. The van der Waals surface area contributed by atoms with E-state index >= 15 is 0 Å². The first-order chi connectivity index (χ1) is 11.5. The van der Waals surface area contributed by atoms with Gasteiger partial charge in [-0.1, -0.05) is 18.2 Å². The van der Waals surface area contributed by atoms with Gasteiger partial charge >= 0.3 is 0 Å². The van der Waals surface area contributed by atoms with E-state index in [-0.39, 0.29) is 11.8 Å². The number of nitrogens with zero attached hydrogens (tertiary/aromatic N) is 1. The van der Waals surface area contributed by atoms with Crippen LogP contribution in [0.15, 0.2) is 42.7 Å². The fourth-order valence-corrected chi connectivity index (χ4v) is 3.68. The van der Waals surface area contributed by atoms with Crippen molar-refractivity contribution < 1.29 is 13.2 Å². The van der Waals surface area contributed by atoms with Gasteiger partial charge in [-0.3, -0.25) is 4.98 Å². The van der Waals surface area contributed by atoms with Crippen LogP contribution < -0.4 is 9.46 Å². The normalized spacial score (nSPS) is 15.9. The number of methoxy groups -OCH3 is 1. The maximum Gasteiger partial charge on any atom is 0.211 e. The molecule has 0 radical (unpaired) electrons. The molecule has 5 nitrogen and oxygen atoms in total. The largest absolute Gasteiger partial charge is 0.496 e. The third-order valence-corrected chi connectivity index (χ3v) is 5.69.